The highest BCUT2D eigenvalue weighted by molar-refractivity contribution is 6.28. The van der Waals surface area contributed by atoms with Crippen LogP contribution >= 0.6 is 0 Å². The van der Waals surface area contributed by atoms with Gasteiger partial charge in [-0.2, -0.15) is 0 Å². The molecule has 2 aliphatic heterocycles. The van der Waals surface area contributed by atoms with Gasteiger partial charge in [-0.15, -0.1) is 0 Å². The number of rotatable bonds is 5. The first-order valence-corrected chi connectivity index (χ1v) is 8.17. The summed E-state index contributed by atoms with van der Waals surface area (Å²) in [4.78, 5) is 27.6. The average molecular weight is 336 g/mol. The van der Waals surface area contributed by atoms with E-state index in [4.69, 9.17) is 5.11 Å². The third-order valence-electron chi connectivity index (χ3n) is 3.91. The maximum Gasteiger partial charge on any atom is 0.248 e. The summed E-state index contributed by atoms with van der Waals surface area (Å²) >= 11 is 0. The van der Waals surface area contributed by atoms with Crippen molar-refractivity contribution in [2.24, 2.45) is 20.9 Å². The standard InChI is InChI=1S/C19H20N4O2/c1-14-6-5-10-23-18(14)22-17(21-9-11-24)16(19(23)25)13-20-12-15-7-3-2-4-8-15/h2-8,10,13,16,24H,9,11-12H2,1H3. The number of carbonyl (C=O) groups excluding carboxylic acids is 1. The van der Waals surface area contributed by atoms with Gasteiger partial charge in [0.15, 0.2) is 0 Å². The molecule has 6 nitrogen and oxygen atoms in total. The van der Waals surface area contributed by atoms with Crippen molar-refractivity contribution >= 4 is 23.8 Å². The largest absolute Gasteiger partial charge is 0.394 e. The van der Waals surface area contributed by atoms with Gasteiger partial charge in [0.05, 0.1) is 19.7 Å². The lowest BCUT2D eigenvalue weighted by Gasteiger charge is -2.30. The lowest BCUT2D eigenvalue weighted by Crippen LogP contribution is -2.46. The second-order valence-corrected chi connectivity index (χ2v) is 5.75. The minimum atomic E-state index is -0.644. The molecular formula is C19H20N4O2. The van der Waals surface area contributed by atoms with Gasteiger partial charge < -0.3 is 5.11 Å². The normalized spacial score (nSPS) is 21.5. The minimum Gasteiger partial charge on any atom is -0.394 e. The minimum absolute atomic E-state index is 0.0884. The molecule has 1 N–H and O–H groups in total. The van der Waals surface area contributed by atoms with Gasteiger partial charge in [0.1, 0.15) is 17.6 Å². The maximum atomic E-state index is 12.9. The van der Waals surface area contributed by atoms with Crippen molar-refractivity contribution in [2.75, 3.05) is 13.2 Å². The number of carbonyl (C=O) groups is 1. The first-order chi connectivity index (χ1) is 12.2. The van der Waals surface area contributed by atoms with Crippen molar-refractivity contribution in [3.8, 4) is 0 Å². The Labute approximate surface area is 146 Å². The zero-order chi connectivity index (χ0) is 17.6. The molecule has 1 atom stereocenters. The lowest BCUT2D eigenvalue weighted by molar-refractivity contribution is -0.126. The Morgan fingerprint density at radius 3 is 2.88 bits per heavy atom. The fraction of sp³-hybridized carbons (Fsp3) is 0.263. The van der Waals surface area contributed by atoms with E-state index in [2.05, 4.69) is 15.0 Å². The van der Waals surface area contributed by atoms with Crippen LogP contribution in [0.4, 0.5) is 0 Å². The maximum absolute atomic E-state index is 12.9. The number of hydrogen-bond donors (Lipinski definition) is 1. The van der Waals surface area contributed by atoms with Crippen molar-refractivity contribution in [1.82, 2.24) is 4.90 Å². The number of amides is 1. The summed E-state index contributed by atoms with van der Waals surface area (Å²) in [6.07, 6.45) is 7.03. The number of benzene rings is 1. The first-order valence-electron chi connectivity index (χ1n) is 8.17. The van der Waals surface area contributed by atoms with Crippen molar-refractivity contribution in [1.29, 1.82) is 0 Å². The summed E-state index contributed by atoms with van der Waals surface area (Å²) < 4.78 is 0. The molecule has 0 saturated heterocycles. The Morgan fingerprint density at radius 1 is 1.32 bits per heavy atom. The molecule has 25 heavy (non-hydrogen) atoms. The van der Waals surface area contributed by atoms with Gasteiger partial charge >= 0.3 is 0 Å². The first kappa shape index (κ1) is 17.0. The fourth-order valence-electron chi connectivity index (χ4n) is 2.64. The molecule has 6 heteroatoms. The Kier molecular flexibility index (Phi) is 5.30. The smallest absolute Gasteiger partial charge is 0.248 e. The van der Waals surface area contributed by atoms with E-state index in [-0.39, 0.29) is 19.1 Å². The molecular weight excluding hydrogens is 316 g/mol. The van der Waals surface area contributed by atoms with Crippen molar-refractivity contribution in [3.05, 3.63) is 59.8 Å². The van der Waals surface area contributed by atoms with E-state index in [1.54, 1.807) is 12.4 Å². The number of fused-ring (bicyclic) bond motifs is 1. The van der Waals surface area contributed by atoms with Crippen LogP contribution in [0.15, 0.2) is 69.2 Å². The summed E-state index contributed by atoms with van der Waals surface area (Å²) in [6.45, 7) is 2.51. The van der Waals surface area contributed by atoms with E-state index < -0.39 is 5.92 Å². The molecule has 0 fully saturated rings. The highest BCUT2D eigenvalue weighted by Gasteiger charge is 2.35. The average Bonchev–Trinajstić information content (AvgIpc) is 2.63. The third kappa shape index (κ3) is 3.80. The molecule has 0 radical (unpaired) electrons. The van der Waals surface area contributed by atoms with Crippen LogP contribution in [0.2, 0.25) is 0 Å². The summed E-state index contributed by atoms with van der Waals surface area (Å²) in [5.41, 5.74) is 1.96. The van der Waals surface area contributed by atoms with Crippen LogP contribution < -0.4 is 0 Å². The molecule has 0 saturated carbocycles. The molecule has 1 aromatic carbocycles. The Hall–Kier alpha value is -2.86. The fourth-order valence-corrected chi connectivity index (χ4v) is 2.64. The Balaban J connectivity index is 1.86. The van der Waals surface area contributed by atoms with E-state index in [0.717, 1.165) is 11.1 Å². The molecule has 2 aliphatic rings. The van der Waals surface area contributed by atoms with Crippen LogP contribution in [0.3, 0.4) is 0 Å². The SMILES string of the molecule is CC1=CC=CN2C(=O)C(C=NCc3ccccc3)C(=NCCO)N=C12. The number of aliphatic hydroxyl groups excluding tert-OH is 1. The van der Waals surface area contributed by atoms with Crippen LogP contribution in [0.1, 0.15) is 12.5 Å². The molecule has 2 heterocycles. The molecule has 1 aromatic rings. The number of allylic oxidation sites excluding steroid dienone is 2. The Morgan fingerprint density at radius 2 is 2.12 bits per heavy atom. The molecule has 0 spiro atoms. The van der Waals surface area contributed by atoms with Crippen molar-refractivity contribution in [2.45, 2.75) is 13.5 Å². The number of aliphatic imine (C=N–C) groups is 3. The second kappa shape index (κ2) is 7.81. The number of amidine groups is 2. The summed E-state index contributed by atoms with van der Waals surface area (Å²) in [5.74, 6) is 0.193. The van der Waals surface area contributed by atoms with E-state index >= 15 is 0 Å². The van der Waals surface area contributed by atoms with Gasteiger partial charge in [-0.05, 0) is 24.1 Å². The monoisotopic (exact) mass is 336 g/mol. The van der Waals surface area contributed by atoms with Gasteiger partial charge in [-0.25, -0.2) is 4.99 Å². The van der Waals surface area contributed by atoms with Crippen LogP contribution in [0.5, 0.6) is 0 Å². The molecule has 1 unspecified atom stereocenters. The summed E-state index contributed by atoms with van der Waals surface area (Å²) in [7, 11) is 0. The van der Waals surface area contributed by atoms with Gasteiger partial charge in [-0.3, -0.25) is 19.7 Å². The topological polar surface area (TPSA) is 77.6 Å². The molecule has 128 valence electrons. The van der Waals surface area contributed by atoms with E-state index in [0.29, 0.717) is 18.2 Å². The number of hydrogen-bond acceptors (Lipinski definition) is 4. The number of aliphatic hydroxyl groups is 1. The molecule has 0 bridgehead atoms. The summed E-state index contributed by atoms with van der Waals surface area (Å²) in [5, 5.41) is 9.05. The third-order valence-corrected chi connectivity index (χ3v) is 3.91. The van der Waals surface area contributed by atoms with Crippen LogP contribution in [-0.2, 0) is 11.3 Å². The van der Waals surface area contributed by atoms with Gasteiger partial charge in [-0.1, -0.05) is 36.4 Å². The van der Waals surface area contributed by atoms with Gasteiger partial charge in [0.2, 0.25) is 5.91 Å². The van der Waals surface area contributed by atoms with Crippen LogP contribution in [0.25, 0.3) is 0 Å². The van der Waals surface area contributed by atoms with E-state index in [9.17, 15) is 4.79 Å². The molecule has 0 aromatic heterocycles. The second-order valence-electron chi connectivity index (χ2n) is 5.75. The zero-order valence-electron chi connectivity index (χ0n) is 14.0. The van der Waals surface area contributed by atoms with Crippen molar-refractivity contribution < 1.29 is 9.90 Å². The number of nitrogens with zero attached hydrogens (tertiary/aromatic N) is 4. The van der Waals surface area contributed by atoms with Gasteiger partial charge in [0.25, 0.3) is 0 Å². The predicted molar refractivity (Wildman–Crippen MR) is 98.7 cm³/mol. The van der Waals surface area contributed by atoms with Gasteiger partial charge in [0, 0.05) is 12.4 Å². The Bertz CT molecular complexity index is 791. The van der Waals surface area contributed by atoms with E-state index in [1.165, 1.54) is 4.90 Å². The highest BCUT2D eigenvalue weighted by atomic mass is 16.3. The quantitative estimate of drug-likeness (QED) is 0.835. The summed E-state index contributed by atoms with van der Waals surface area (Å²) in [6, 6.07) is 9.83. The predicted octanol–water partition coefficient (Wildman–Crippen LogP) is 1.98. The zero-order valence-corrected chi connectivity index (χ0v) is 14.0. The molecule has 3 rings (SSSR count). The highest BCUT2D eigenvalue weighted by Crippen LogP contribution is 2.21. The van der Waals surface area contributed by atoms with Crippen molar-refractivity contribution in [3.63, 3.8) is 0 Å². The lowest BCUT2D eigenvalue weighted by atomic mass is 10.0. The van der Waals surface area contributed by atoms with Crippen LogP contribution in [-0.4, -0.2) is 47.0 Å². The molecule has 0 aliphatic carbocycles. The molecule has 1 amide bonds. The van der Waals surface area contributed by atoms with Crippen LogP contribution in [0, 0.1) is 5.92 Å². The van der Waals surface area contributed by atoms with E-state index in [1.807, 2.05) is 49.4 Å².